The Morgan fingerprint density at radius 2 is 1.85 bits per heavy atom. The van der Waals surface area contributed by atoms with Crippen molar-refractivity contribution in [3.63, 3.8) is 0 Å². The van der Waals surface area contributed by atoms with E-state index in [9.17, 15) is 0 Å². The Hall–Kier alpha value is -2.34. The maximum Gasteiger partial charge on any atom is -0.00673 e. The molecule has 2 aliphatic carbocycles. The van der Waals surface area contributed by atoms with Crippen molar-refractivity contribution in [2.45, 2.75) is 12.8 Å². The molecule has 2 aromatic rings. The van der Waals surface area contributed by atoms with Gasteiger partial charge in [0.05, 0.1) is 0 Å². The summed E-state index contributed by atoms with van der Waals surface area (Å²) in [6.45, 7) is 0. The summed E-state index contributed by atoms with van der Waals surface area (Å²) in [6, 6.07) is 13.1. The third-order valence-electron chi connectivity index (χ3n) is 4.09. The lowest BCUT2D eigenvalue weighted by Gasteiger charge is -2.16. The molecule has 0 nitrogen and oxygen atoms in total. The molecule has 0 saturated carbocycles. The summed E-state index contributed by atoms with van der Waals surface area (Å²) in [4.78, 5) is 0. The summed E-state index contributed by atoms with van der Waals surface area (Å²) in [5.41, 5.74) is 5.56. The molecule has 0 amide bonds. The van der Waals surface area contributed by atoms with Gasteiger partial charge in [-0.2, -0.15) is 0 Å². The smallest absolute Gasteiger partial charge is 0.00673 e. The van der Waals surface area contributed by atoms with Gasteiger partial charge in [-0.1, -0.05) is 66.8 Å². The van der Waals surface area contributed by atoms with Gasteiger partial charge in [0, 0.05) is 0 Å². The molecule has 0 fully saturated rings. The summed E-state index contributed by atoms with van der Waals surface area (Å²) in [5, 5.41) is 2.77. The van der Waals surface area contributed by atoms with Gasteiger partial charge in [-0.05, 0) is 51.6 Å². The molecule has 0 N–H and O–H groups in total. The van der Waals surface area contributed by atoms with Crippen molar-refractivity contribution < 1.29 is 0 Å². The van der Waals surface area contributed by atoms with Crippen LogP contribution in [0.1, 0.15) is 17.5 Å². The Morgan fingerprint density at radius 3 is 2.75 bits per heavy atom. The first-order valence-corrected chi connectivity index (χ1v) is 7.18. The zero-order chi connectivity index (χ0) is 13.4. The molecule has 0 spiro atoms. The van der Waals surface area contributed by atoms with Gasteiger partial charge in [0.25, 0.3) is 0 Å². The highest BCUT2D eigenvalue weighted by atomic mass is 14.2. The highest BCUT2D eigenvalue weighted by molar-refractivity contribution is 5.76. The number of benzene rings is 2. The fourth-order valence-corrected chi connectivity index (χ4v) is 3.18. The van der Waals surface area contributed by atoms with Crippen LogP contribution in [-0.4, -0.2) is 0 Å². The molecule has 0 aromatic heterocycles. The Bertz CT molecular complexity index is 834. The summed E-state index contributed by atoms with van der Waals surface area (Å²) >= 11 is 0. The van der Waals surface area contributed by atoms with Crippen LogP contribution in [0.15, 0.2) is 54.6 Å². The first-order chi connectivity index (χ1) is 9.93. The maximum absolute atomic E-state index is 2.36. The largest absolute Gasteiger partial charge is 0.0801 e. The van der Waals surface area contributed by atoms with E-state index in [2.05, 4.69) is 72.9 Å². The van der Waals surface area contributed by atoms with E-state index in [1.54, 1.807) is 0 Å². The SMILES string of the molecule is C1=CCc2c(-c3ccccc3)c3c(cc2=C1)C=CCC=3. The van der Waals surface area contributed by atoms with Crippen LogP contribution in [0.25, 0.3) is 29.4 Å². The number of fused-ring (bicyclic) bond motifs is 2. The van der Waals surface area contributed by atoms with E-state index in [4.69, 9.17) is 0 Å². The lowest BCUT2D eigenvalue weighted by atomic mass is 9.87. The zero-order valence-electron chi connectivity index (χ0n) is 11.3. The van der Waals surface area contributed by atoms with Crippen LogP contribution >= 0.6 is 0 Å². The van der Waals surface area contributed by atoms with Gasteiger partial charge in [0.2, 0.25) is 0 Å². The lowest BCUT2D eigenvalue weighted by Crippen LogP contribution is -2.24. The van der Waals surface area contributed by atoms with Crippen LogP contribution in [-0.2, 0) is 6.42 Å². The van der Waals surface area contributed by atoms with Crippen molar-refractivity contribution in [1.82, 2.24) is 0 Å². The second-order valence-electron chi connectivity index (χ2n) is 5.33. The number of hydrogen-bond donors (Lipinski definition) is 0. The predicted molar refractivity (Wildman–Crippen MR) is 86.6 cm³/mol. The minimum absolute atomic E-state index is 1.03. The summed E-state index contributed by atoms with van der Waals surface area (Å²) in [5.74, 6) is 0. The summed E-state index contributed by atoms with van der Waals surface area (Å²) < 4.78 is 0. The van der Waals surface area contributed by atoms with Crippen molar-refractivity contribution in [3.8, 4) is 11.1 Å². The van der Waals surface area contributed by atoms with Crippen molar-refractivity contribution in [1.29, 1.82) is 0 Å². The standard InChI is InChI=1S/C20H16/c1-2-8-15(9-3-1)20-18-12-6-4-10-16(18)14-17-11-5-7-13-19(17)20/h1-6,8-11,13-14H,7,12H2. The maximum atomic E-state index is 2.36. The zero-order valence-corrected chi connectivity index (χ0v) is 11.3. The van der Waals surface area contributed by atoms with E-state index in [1.807, 2.05) is 0 Å². The van der Waals surface area contributed by atoms with Gasteiger partial charge in [-0.3, -0.25) is 0 Å². The van der Waals surface area contributed by atoms with Crippen LogP contribution in [0.5, 0.6) is 0 Å². The first kappa shape index (κ1) is 11.5. The normalized spacial score (nSPS) is 15.0. The molecule has 0 radical (unpaired) electrons. The molecular weight excluding hydrogens is 240 g/mol. The third kappa shape index (κ3) is 1.77. The van der Waals surface area contributed by atoms with Crippen LogP contribution in [0.3, 0.4) is 0 Å². The Labute approximate surface area is 119 Å². The minimum atomic E-state index is 1.03. The Balaban J connectivity index is 2.15. The topological polar surface area (TPSA) is 0 Å². The molecular formula is C20H16. The predicted octanol–water partition coefficient (Wildman–Crippen LogP) is 3.44. The Morgan fingerprint density at radius 1 is 0.950 bits per heavy atom. The van der Waals surface area contributed by atoms with Gasteiger partial charge in [0.15, 0.2) is 0 Å². The number of rotatable bonds is 1. The van der Waals surface area contributed by atoms with Gasteiger partial charge in [-0.15, -0.1) is 0 Å². The molecule has 2 aliphatic rings. The second-order valence-corrected chi connectivity index (χ2v) is 5.33. The van der Waals surface area contributed by atoms with Crippen molar-refractivity contribution >= 4 is 18.2 Å². The van der Waals surface area contributed by atoms with Crippen LogP contribution < -0.4 is 10.4 Å². The van der Waals surface area contributed by atoms with E-state index in [-0.39, 0.29) is 0 Å². The highest BCUT2D eigenvalue weighted by Crippen LogP contribution is 2.22. The third-order valence-corrected chi connectivity index (χ3v) is 4.09. The van der Waals surface area contributed by atoms with Crippen LogP contribution in [0, 0.1) is 0 Å². The van der Waals surface area contributed by atoms with Crippen LogP contribution in [0.2, 0.25) is 0 Å². The molecule has 0 heterocycles. The minimum Gasteiger partial charge on any atom is -0.0801 e. The average Bonchev–Trinajstić information content (AvgIpc) is 2.53. The number of hydrogen-bond acceptors (Lipinski definition) is 0. The van der Waals surface area contributed by atoms with E-state index >= 15 is 0 Å². The lowest BCUT2D eigenvalue weighted by molar-refractivity contribution is 1.21. The summed E-state index contributed by atoms with van der Waals surface area (Å²) in [7, 11) is 0. The van der Waals surface area contributed by atoms with E-state index in [0.717, 1.165) is 12.8 Å². The molecule has 0 atom stereocenters. The first-order valence-electron chi connectivity index (χ1n) is 7.18. The molecule has 2 aromatic carbocycles. The van der Waals surface area contributed by atoms with E-state index in [0.29, 0.717) is 0 Å². The molecule has 0 bridgehead atoms. The van der Waals surface area contributed by atoms with Gasteiger partial charge < -0.3 is 0 Å². The molecule has 0 saturated heterocycles. The second kappa shape index (κ2) is 4.64. The molecule has 0 heteroatoms. The van der Waals surface area contributed by atoms with Gasteiger partial charge in [-0.25, -0.2) is 0 Å². The van der Waals surface area contributed by atoms with Crippen molar-refractivity contribution in [3.05, 3.63) is 76.2 Å². The molecule has 96 valence electrons. The Kier molecular flexibility index (Phi) is 2.67. The molecule has 20 heavy (non-hydrogen) atoms. The molecule has 0 aliphatic heterocycles. The van der Waals surface area contributed by atoms with E-state index in [1.165, 1.54) is 32.7 Å². The van der Waals surface area contributed by atoms with Gasteiger partial charge >= 0.3 is 0 Å². The quantitative estimate of drug-likeness (QED) is 0.733. The van der Waals surface area contributed by atoms with Crippen LogP contribution in [0.4, 0.5) is 0 Å². The molecule has 4 rings (SSSR count). The monoisotopic (exact) mass is 256 g/mol. The fourth-order valence-electron chi connectivity index (χ4n) is 3.18. The van der Waals surface area contributed by atoms with Crippen molar-refractivity contribution in [2.24, 2.45) is 0 Å². The number of allylic oxidation sites excluding steroid dienone is 3. The highest BCUT2D eigenvalue weighted by Gasteiger charge is 2.12. The average molecular weight is 256 g/mol. The van der Waals surface area contributed by atoms with Crippen molar-refractivity contribution in [2.75, 3.05) is 0 Å². The summed E-state index contributed by atoms with van der Waals surface area (Å²) in [6.07, 6.45) is 15.6. The van der Waals surface area contributed by atoms with Gasteiger partial charge in [0.1, 0.15) is 0 Å². The fraction of sp³-hybridized carbons (Fsp3) is 0.100. The molecule has 0 unspecified atom stereocenters. The van der Waals surface area contributed by atoms with E-state index < -0.39 is 0 Å².